The van der Waals surface area contributed by atoms with Crippen LogP contribution in [0.5, 0.6) is 0 Å². The van der Waals surface area contributed by atoms with Gasteiger partial charge in [-0.05, 0) is 43.2 Å². The molecule has 1 heterocycles. The van der Waals surface area contributed by atoms with E-state index >= 15 is 0 Å². The van der Waals surface area contributed by atoms with Crippen LogP contribution in [0.25, 0.3) is 16.5 Å². The number of nitrogens with one attached hydrogen (secondary N) is 2. The van der Waals surface area contributed by atoms with Crippen molar-refractivity contribution in [2.45, 2.75) is 54.9 Å². The minimum Gasteiger partial charge on any atom is -0.318 e. The zero-order valence-electron chi connectivity index (χ0n) is 17.1. The van der Waals surface area contributed by atoms with E-state index in [0.717, 1.165) is 6.42 Å². The number of fused-ring (bicyclic) bond motifs is 1. The van der Waals surface area contributed by atoms with Gasteiger partial charge in [-0.2, -0.15) is 0 Å². The molecule has 1 aromatic carbocycles. The van der Waals surface area contributed by atoms with Gasteiger partial charge >= 0.3 is 0 Å². The molecule has 146 valence electrons. The Morgan fingerprint density at radius 1 is 1.04 bits per heavy atom. The molecular weight excluding hydrogens is 344 g/mol. The molecule has 0 radical (unpaired) electrons. The minimum absolute atomic E-state index is 0.0443. The van der Waals surface area contributed by atoms with Crippen LogP contribution in [0.15, 0.2) is 25.3 Å². The molecule has 1 unspecified atom stereocenters. The summed E-state index contributed by atoms with van der Waals surface area (Å²) in [6.45, 7) is 13.6. The van der Waals surface area contributed by atoms with Crippen LogP contribution in [-0.4, -0.2) is 4.98 Å². The van der Waals surface area contributed by atoms with E-state index in [0.29, 0.717) is 22.6 Å². The van der Waals surface area contributed by atoms with Crippen LogP contribution >= 0.6 is 0 Å². The molecule has 0 bridgehead atoms. The van der Waals surface area contributed by atoms with Gasteiger partial charge in [0.25, 0.3) is 16.4 Å². The van der Waals surface area contributed by atoms with Gasteiger partial charge in [0.05, 0.1) is 5.39 Å². The third-order valence-corrected chi connectivity index (χ3v) is 4.34. The van der Waals surface area contributed by atoms with Gasteiger partial charge in [-0.25, -0.2) is 0 Å². The van der Waals surface area contributed by atoms with E-state index in [1.165, 1.54) is 0 Å². The third kappa shape index (κ3) is 4.38. The van der Waals surface area contributed by atoms with E-state index in [-0.39, 0.29) is 16.8 Å². The summed E-state index contributed by atoms with van der Waals surface area (Å²) < 4.78 is 0. The van der Waals surface area contributed by atoms with E-state index in [1.807, 2.05) is 26.8 Å². The lowest BCUT2D eigenvalue weighted by Gasteiger charge is -2.13. The first-order chi connectivity index (χ1) is 12.6. The molecular formula is C21H28N2O4. The van der Waals surface area contributed by atoms with Crippen LogP contribution < -0.4 is 27.2 Å². The first-order valence-electron chi connectivity index (χ1n) is 9.24. The van der Waals surface area contributed by atoms with Crippen LogP contribution in [-0.2, 0) is 0 Å². The van der Waals surface area contributed by atoms with Crippen molar-refractivity contribution in [2.75, 3.05) is 0 Å². The van der Waals surface area contributed by atoms with Gasteiger partial charge in [-0.3, -0.25) is 24.6 Å². The van der Waals surface area contributed by atoms with Crippen LogP contribution in [0.4, 0.5) is 0 Å². The molecule has 2 rings (SSSR count). The molecule has 0 saturated carbocycles. The lowest BCUT2D eigenvalue weighted by atomic mass is 9.92. The Kier molecular flexibility index (Phi) is 7.34. The lowest BCUT2D eigenvalue weighted by Crippen LogP contribution is -2.48. The topological polar surface area (TPSA) is 108 Å². The Labute approximate surface area is 157 Å². The molecule has 0 saturated heterocycles. The van der Waals surface area contributed by atoms with Gasteiger partial charge in [0.1, 0.15) is 5.52 Å². The highest BCUT2D eigenvalue weighted by atomic mass is 16.2. The molecule has 0 aliphatic heterocycles. The predicted molar refractivity (Wildman–Crippen MR) is 110 cm³/mol. The summed E-state index contributed by atoms with van der Waals surface area (Å²) in [7, 11) is 0. The summed E-state index contributed by atoms with van der Waals surface area (Å²) >= 11 is 0. The van der Waals surface area contributed by atoms with Crippen molar-refractivity contribution >= 4 is 16.5 Å². The molecule has 0 amide bonds. The Hall–Kier alpha value is -2.63. The number of H-pyrrole nitrogens is 1. The molecule has 1 atom stereocenters. The Bertz CT molecular complexity index is 1130. The monoisotopic (exact) mass is 372 g/mol. The van der Waals surface area contributed by atoms with Gasteiger partial charge in [-0.1, -0.05) is 40.7 Å². The van der Waals surface area contributed by atoms with Crippen LogP contribution in [0.2, 0.25) is 0 Å². The lowest BCUT2D eigenvalue weighted by molar-refractivity contribution is 0.503. The van der Waals surface area contributed by atoms with E-state index in [1.54, 1.807) is 13.8 Å². The number of aromatic amines is 1. The second kappa shape index (κ2) is 8.84. The predicted octanol–water partition coefficient (Wildman–Crippen LogP) is 2.38. The maximum Gasteiger partial charge on any atom is 0.256 e. The van der Waals surface area contributed by atoms with Crippen molar-refractivity contribution < 1.29 is 0 Å². The molecule has 2 N–H and O–H groups in total. The highest BCUT2D eigenvalue weighted by molar-refractivity contribution is 5.92. The molecule has 27 heavy (non-hydrogen) atoms. The Morgan fingerprint density at radius 2 is 1.59 bits per heavy atom. The number of pyridine rings is 1. The van der Waals surface area contributed by atoms with Gasteiger partial charge in [-0.15, -0.1) is 0 Å². The summed E-state index contributed by atoms with van der Waals surface area (Å²) in [5, 5.41) is 6.73. The van der Waals surface area contributed by atoms with Crippen LogP contribution in [0, 0.1) is 24.2 Å². The van der Waals surface area contributed by atoms with Gasteiger partial charge in [0, 0.05) is 5.56 Å². The zero-order valence-corrected chi connectivity index (χ0v) is 17.1. The largest absolute Gasteiger partial charge is 0.318 e. The summed E-state index contributed by atoms with van der Waals surface area (Å²) in [6, 6.07) is 0. The van der Waals surface area contributed by atoms with Gasteiger partial charge in [0.15, 0.2) is 5.36 Å². The van der Waals surface area contributed by atoms with Crippen LogP contribution in [0.1, 0.15) is 59.1 Å². The molecule has 0 fully saturated rings. The molecule has 0 aliphatic carbocycles. The second-order valence-electron chi connectivity index (χ2n) is 7.02. The number of allylic oxidation sites excluding steroid dienone is 2. The quantitative estimate of drug-likeness (QED) is 0.803. The van der Waals surface area contributed by atoms with Crippen molar-refractivity contribution in [1.82, 2.24) is 4.98 Å². The number of rotatable bonds is 4. The first-order valence-corrected chi connectivity index (χ1v) is 9.24. The first kappa shape index (κ1) is 22.4. The normalized spacial score (nSPS) is 12.8. The van der Waals surface area contributed by atoms with Crippen molar-refractivity contribution in [2.24, 2.45) is 11.8 Å². The van der Waals surface area contributed by atoms with E-state index in [9.17, 15) is 19.2 Å². The highest BCUT2D eigenvalue weighted by Gasteiger charge is 2.19. The Morgan fingerprint density at radius 3 is 2.11 bits per heavy atom. The molecule has 0 spiro atoms. The van der Waals surface area contributed by atoms with Crippen molar-refractivity contribution in [3.8, 4) is 0 Å². The summed E-state index contributed by atoms with van der Waals surface area (Å²) in [6.07, 6.45) is 2.89. The van der Waals surface area contributed by atoms with Crippen molar-refractivity contribution in [3.63, 3.8) is 0 Å². The van der Waals surface area contributed by atoms with Gasteiger partial charge < -0.3 is 4.98 Å². The number of hydrogen-bond acceptors (Lipinski definition) is 5. The minimum atomic E-state index is -1.18. The van der Waals surface area contributed by atoms with E-state index in [4.69, 9.17) is 5.41 Å². The molecule has 2 aromatic rings. The van der Waals surface area contributed by atoms with Crippen molar-refractivity contribution in [1.29, 1.82) is 5.41 Å². The second-order valence-corrected chi connectivity index (χ2v) is 7.02. The summed E-state index contributed by atoms with van der Waals surface area (Å²) in [4.78, 5) is 50.9. The average Bonchev–Trinajstić information content (AvgIpc) is 2.60. The summed E-state index contributed by atoms with van der Waals surface area (Å²) in [5.74, 6) is 0.701. The van der Waals surface area contributed by atoms with Crippen molar-refractivity contribution in [3.05, 3.63) is 63.6 Å². The molecule has 6 nitrogen and oxygen atoms in total. The maximum absolute atomic E-state index is 12.5. The molecule has 1 aromatic heterocycles. The SMILES string of the molecule is C/C(=C\C(C)CC(C)C)c1c(C)c(=O)[nH]c2c(=O)c(=O)c(=N)c(=O)c12.CC. The maximum atomic E-state index is 12.5. The smallest absolute Gasteiger partial charge is 0.256 e. The van der Waals surface area contributed by atoms with E-state index in [2.05, 4.69) is 18.8 Å². The number of aromatic nitrogens is 1. The average molecular weight is 372 g/mol. The Balaban J connectivity index is 0.00000176. The molecule has 0 aliphatic rings. The standard InChI is InChI=1S/C19H22N2O4.C2H6/c1-8(2)6-9(3)7-10(4)12-11(5)19(25)21-15-13(12)16(22)14(20)17(23)18(15)24;1-2/h7-9,20H,6H2,1-5H3,(H,21,25);1-2H3/b10-7+,20-14?;. The molecule has 6 heteroatoms. The zero-order chi connectivity index (χ0) is 21.0. The van der Waals surface area contributed by atoms with E-state index < -0.39 is 27.2 Å². The summed E-state index contributed by atoms with van der Waals surface area (Å²) in [5.41, 5.74) is -2.49. The number of hydrogen-bond donors (Lipinski definition) is 2. The fourth-order valence-corrected chi connectivity index (χ4v) is 3.36. The fourth-order valence-electron chi connectivity index (χ4n) is 3.36. The third-order valence-electron chi connectivity index (χ3n) is 4.34. The highest BCUT2D eigenvalue weighted by Crippen LogP contribution is 2.24. The van der Waals surface area contributed by atoms with Crippen LogP contribution in [0.3, 0.4) is 0 Å². The fraction of sp³-hybridized carbons (Fsp3) is 0.476. The van der Waals surface area contributed by atoms with Gasteiger partial charge in [0.2, 0.25) is 5.43 Å². The number of benzene rings is 1.